The molecular weight excluding hydrogens is 272 g/mol. The number of rotatable bonds is 2. The molecule has 76 valence electrons. The molecule has 0 aliphatic rings. The largest absolute Gasteiger partial charge is 0.249 e. The van der Waals surface area contributed by atoms with Gasteiger partial charge in [-0.15, -0.1) is 0 Å². The summed E-state index contributed by atoms with van der Waals surface area (Å²) in [6, 6.07) is 17.0. The number of halogens is 1. The predicted molar refractivity (Wildman–Crippen MR) is 65.3 cm³/mol. The van der Waals surface area contributed by atoms with Crippen LogP contribution in [0.2, 0.25) is 0 Å². The van der Waals surface area contributed by atoms with Crippen LogP contribution in [-0.4, -0.2) is 4.21 Å². The van der Waals surface area contributed by atoms with E-state index in [1.54, 1.807) is 0 Å². The molecule has 15 heavy (non-hydrogen) atoms. The van der Waals surface area contributed by atoms with Crippen LogP contribution in [0.3, 0.4) is 0 Å². The van der Waals surface area contributed by atoms with Crippen LogP contribution in [0.15, 0.2) is 68.9 Å². The number of benzene rings is 2. The Morgan fingerprint density at radius 2 is 1.47 bits per heavy atom. The lowest BCUT2D eigenvalue weighted by Gasteiger charge is -2.03. The van der Waals surface area contributed by atoms with E-state index < -0.39 is 10.8 Å². The van der Waals surface area contributed by atoms with Crippen molar-refractivity contribution >= 4 is 26.7 Å². The van der Waals surface area contributed by atoms with Crippen LogP contribution in [0.1, 0.15) is 0 Å². The maximum absolute atomic E-state index is 12.1. The van der Waals surface area contributed by atoms with E-state index in [9.17, 15) is 4.21 Å². The van der Waals surface area contributed by atoms with Crippen molar-refractivity contribution in [2.75, 3.05) is 0 Å². The molecule has 0 bridgehead atoms. The fraction of sp³-hybridized carbons (Fsp3) is 0. The van der Waals surface area contributed by atoms with Crippen molar-refractivity contribution in [2.24, 2.45) is 0 Å². The molecule has 1 atom stereocenters. The zero-order valence-corrected chi connectivity index (χ0v) is 10.3. The van der Waals surface area contributed by atoms with E-state index in [-0.39, 0.29) is 0 Å². The van der Waals surface area contributed by atoms with Crippen molar-refractivity contribution in [1.82, 2.24) is 0 Å². The van der Waals surface area contributed by atoms with Gasteiger partial charge in [0.15, 0.2) is 0 Å². The van der Waals surface area contributed by atoms with Gasteiger partial charge in [0.25, 0.3) is 0 Å². The van der Waals surface area contributed by atoms with Crippen molar-refractivity contribution < 1.29 is 4.21 Å². The molecule has 0 N–H and O–H groups in total. The zero-order valence-electron chi connectivity index (χ0n) is 7.89. The number of hydrogen-bond donors (Lipinski definition) is 0. The van der Waals surface area contributed by atoms with Gasteiger partial charge in [-0.2, -0.15) is 0 Å². The third-order valence-electron chi connectivity index (χ3n) is 1.99. The second kappa shape index (κ2) is 4.73. The van der Waals surface area contributed by atoms with E-state index in [0.717, 1.165) is 14.3 Å². The molecule has 1 unspecified atom stereocenters. The van der Waals surface area contributed by atoms with Gasteiger partial charge < -0.3 is 0 Å². The van der Waals surface area contributed by atoms with E-state index >= 15 is 0 Å². The van der Waals surface area contributed by atoms with E-state index in [1.165, 1.54) is 0 Å². The summed E-state index contributed by atoms with van der Waals surface area (Å²) in [5.41, 5.74) is 0. The third-order valence-corrected chi connectivity index (χ3v) is 4.40. The van der Waals surface area contributed by atoms with Crippen LogP contribution in [0.5, 0.6) is 0 Å². The van der Waals surface area contributed by atoms with E-state index in [2.05, 4.69) is 15.9 Å². The second-order valence-corrected chi connectivity index (χ2v) is 5.32. The zero-order chi connectivity index (χ0) is 10.7. The maximum Gasteiger partial charge on any atom is 0.0861 e. The molecule has 2 aromatic rings. The van der Waals surface area contributed by atoms with E-state index in [0.29, 0.717) is 0 Å². The van der Waals surface area contributed by atoms with Crippen molar-refractivity contribution in [1.29, 1.82) is 0 Å². The van der Waals surface area contributed by atoms with Crippen LogP contribution in [0.25, 0.3) is 0 Å². The van der Waals surface area contributed by atoms with Gasteiger partial charge >= 0.3 is 0 Å². The van der Waals surface area contributed by atoms with Crippen molar-refractivity contribution in [3.8, 4) is 0 Å². The summed E-state index contributed by atoms with van der Waals surface area (Å²) >= 11 is 3.40. The molecule has 0 saturated carbocycles. The average molecular weight is 281 g/mol. The monoisotopic (exact) mass is 280 g/mol. The molecule has 0 aliphatic heterocycles. The summed E-state index contributed by atoms with van der Waals surface area (Å²) in [7, 11) is -1.11. The molecule has 1 nitrogen and oxygen atoms in total. The van der Waals surface area contributed by atoms with Crippen LogP contribution in [0.4, 0.5) is 0 Å². The highest BCUT2D eigenvalue weighted by Gasteiger charge is 2.08. The van der Waals surface area contributed by atoms with Crippen LogP contribution >= 0.6 is 15.9 Å². The molecule has 0 spiro atoms. The normalized spacial score (nSPS) is 12.3. The fourth-order valence-corrected chi connectivity index (χ4v) is 3.10. The smallest absolute Gasteiger partial charge is 0.0861 e. The van der Waals surface area contributed by atoms with Gasteiger partial charge in [-0.05, 0) is 40.2 Å². The Kier molecular flexibility index (Phi) is 3.34. The van der Waals surface area contributed by atoms with Crippen molar-refractivity contribution in [3.05, 3.63) is 59.1 Å². The molecular formula is C12H9BrOS. The van der Waals surface area contributed by atoms with Gasteiger partial charge in [-0.1, -0.05) is 30.3 Å². The summed E-state index contributed by atoms with van der Waals surface area (Å²) in [6.07, 6.45) is 0. The number of hydrogen-bond acceptors (Lipinski definition) is 1. The molecule has 0 fully saturated rings. The molecule has 0 heterocycles. The highest BCUT2D eigenvalue weighted by molar-refractivity contribution is 9.10. The summed E-state index contributed by atoms with van der Waals surface area (Å²) < 4.78 is 13.0. The first kappa shape index (κ1) is 10.6. The first-order valence-corrected chi connectivity index (χ1v) is 6.44. The average Bonchev–Trinajstić information content (AvgIpc) is 2.30. The Balaban J connectivity index is 2.42. The minimum absolute atomic E-state index is 0.809. The molecule has 2 rings (SSSR count). The summed E-state index contributed by atoms with van der Waals surface area (Å²) in [4.78, 5) is 1.63. The minimum atomic E-state index is -1.11. The topological polar surface area (TPSA) is 17.1 Å². The SMILES string of the molecule is O=S(c1ccccc1)c1ccccc1Br. The molecule has 0 amide bonds. The van der Waals surface area contributed by atoms with Crippen molar-refractivity contribution in [2.45, 2.75) is 9.79 Å². The van der Waals surface area contributed by atoms with Gasteiger partial charge in [0.05, 0.1) is 15.7 Å². The van der Waals surface area contributed by atoms with Crippen molar-refractivity contribution in [3.63, 3.8) is 0 Å². The molecule has 0 aliphatic carbocycles. The lowest BCUT2D eigenvalue weighted by molar-refractivity contribution is 0.683. The molecule has 0 aromatic heterocycles. The van der Waals surface area contributed by atoms with Gasteiger partial charge in [-0.3, -0.25) is 0 Å². The fourth-order valence-electron chi connectivity index (χ4n) is 1.27. The molecule has 0 saturated heterocycles. The standard InChI is InChI=1S/C12H9BrOS/c13-11-8-4-5-9-12(11)15(14)10-6-2-1-3-7-10/h1-9H. The molecule has 2 aromatic carbocycles. The van der Waals surface area contributed by atoms with Crippen LogP contribution < -0.4 is 0 Å². The van der Waals surface area contributed by atoms with Gasteiger partial charge in [0.2, 0.25) is 0 Å². The van der Waals surface area contributed by atoms with Crippen LogP contribution in [-0.2, 0) is 10.8 Å². The Bertz CT molecular complexity index is 482. The summed E-state index contributed by atoms with van der Waals surface area (Å²) in [5, 5.41) is 0. The highest BCUT2D eigenvalue weighted by atomic mass is 79.9. The molecule has 3 heteroatoms. The van der Waals surface area contributed by atoms with E-state index in [1.807, 2.05) is 54.6 Å². The van der Waals surface area contributed by atoms with Gasteiger partial charge in [-0.25, -0.2) is 4.21 Å². The lowest BCUT2D eigenvalue weighted by Crippen LogP contribution is -1.93. The maximum atomic E-state index is 12.1. The van der Waals surface area contributed by atoms with Gasteiger partial charge in [0, 0.05) is 9.37 Å². The lowest BCUT2D eigenvalue weighted by atomic mass is 10.4. The van der Waals surface area contributed by atoms with E-state index in [4.69, 9.17) is 0 Å². The molecule has 0 radical (unpaired) electrons. The second-order valence-electron chi connectivity index (χ2n) is 3.01. The minimum Gasteiger partial charge on any atom is -0.249 e. The van der Waals surface area contributed by atoms with Crippen LogP contribution in [0, 0.1) is 0 Å². The third kappa shape index (κ3) is 2.36. The Hall–Kier alpha value is -0.930. The summed E-state index contributed by atoms with van der Waals surface area (Å²) in [5.74, 6) is 0. The Labute approximate surface area is 99.7 Å². The quantitative estimate of drug-likeness (QED) is 0.821. The van der Waals surface area contributed by atoms with Gasteiger partial charge in [0.1, 0.15) is 0 Å². The first-order valence-electron chi connectivity index (χ1n) is 4.50. The predicted octanol–water partition coefficient (Wildman–Crippen LogP) is 3.62. The Morgan fingerprint density at radius 3 is 2.13 bits per heavy atom. The highest BCUT2D eigenvalue weighted by Crippen LogP contribution is 2.23. The Morgan fingerprint density at radius 1 is 0.867 bits per heavy atom. The summed E-state index contributed by atoms with van der Waals surface area (Å²) in [6.45, 7) is 0. The first-order chi connectivity index (χ1) is 7.29.